The summed E-state index contributed by atoms with van der Waals surface area (Å²) in [7, 11) is 1.84. The fraction of sp³-hybridized carbons (Fsp3) is 0.350. The first-order chi connectivity index (χ1) is 14.6. The van der Waals surface area contributed by atoms with Crippen molar-refractivity contribution in [2.24, 2.45) is 0 Å². The molecule has 3 aromatic rings. The van der Waals surface area contributed by atoms with E-state index in [1.807, 2.05) is 47.2 Å². The lowest BCUT2D eigenvalue weighted by Crippen LogP contribution is -2.46. The third-order valence-corrected chi connectivity index (χ3v) is 5.31. The van der Waals surface area contributed by atoms with Crippen molar-refractivity contribution >= 4 is 40.9 Å². The largest absolute Gasteiger partial charge is 0.395 e. The number of anilines is 2. The molecule has 0 atom stereocenters. The zero-order valence-corrected chi connectivity index (χ0v) is 17.3. The van der Waals surface area contributed by atoms with Crippen LogP contribution in [0, 0.1) is 0 Å². The van der Waals surface area contributed by atoms with Crippen molar-refractivity contribution in [3.05, 3.63) is 35.5 Å². The molecule has 10 heteroatoms. The number of aliphatic hydroxyl groups is 1. The molecule has 1 amide bonds. The molecule has 0 spiro atoms. The number of benzene rings is 1. The van der Waals surface area contributed by atoms with Gasteiger partial charge in [-0.1, -0.05) is 41.9 Å². The summed E-state index contributed by atoms with van der Waals surface area (Å²) in [5.41, 5.74) is 2.31. The van der Waals surface area contributed by atoms with Gasteiger partial charge in [0.25, 0.3) is 0 Å². The number of carbonyl (C=O) groups excluding carboxylic acids is 1. The van der Waals surface area contributed by atoms with Gasteiger partial charge in [0.15, 0.2) is 22.1 Å². The normalized spacial score (nSPS) is 14.2. The van der Waals surface area contributed by atoms with E-state index in [9.17, 15) is 9.90 Å². The van der Waals surface area contributed by atoms with Gasteiger partial charge in [-0.15, -0.1) is 0 Å². The number of rotatable bonds is 6. The van der Waals surface area contributed by atoms with Gasteiger partial charge in [-0.3, -0.25) is 4.79 Å². The molecule has 0 unspecified atom stereocenters. The number of hydrogen-bond acceptors (Lipinski definition) is 8. The van der Waals surface area contributed by atoms with Crippen LogP contribution in [0.15, 0.2) is 30.3 Å². The minimum Gasteiger partial charge on any atom is -0.395 e. The predicted octanol–water partition coefficient (Wildman–Crippen LogP) is 1.45. The van der Waals surface area contributed by atoms with Gasteiger partial charge < -0.3 is 19.8 Å². The highest BCUT2D eigenvalue weighted by Gasteiger charge is 2.23. The van der Waals surface area contributed by atoms with E-state index >= 15 is 0 Å². The third kappa shape index (κ3) is 3.99. The standard InChI is InChI=1S/C20H22ClN7O2/c1-26(11-12-29)19-16-18(23-17(21)15(22-16)14-5-3-2-4-6-14)24-20(25-19)28-9-7-27(13-30)8-10-28/h2-6,13,29H,7-12H2,1H3. The summed E-state index contributed by atoms with van der Waals surface area (Å²) in [5, 5.41) is 9.69. The Bertz CT molecular complexity index is 1040. The summed E-state index contributed by atoms with van der Waals surface area (Å²) in [6.45, 7) is 2.81. The molecule has 1 aliphatic heterocycles. The summed E-state index contributed by atoms with van der Waals surface area (Å²) in [6, 6.07) is 9.58. The number of nitrogens with zero attached hydrogens (tertiary/aromatic N) is 7. The zero-order valence-electron chi connectivity index (χ0n) is 16.6. The molecule has 1 N–H and O–H groups in total. The maximum absolute atomic E-state index is 11.0. The summed E-state index contributed by atoms with van der Waals surface area (Å²) in [5.74, 6) is 1.08. The molecule has 1 aromatic carbocycles. The second kappa shape index (κ2) is 8.76. The molecular formula is C20H22ClN7O2. The van der Waals surface area contributed by atoms with E-state index < -0.39 is 0 Å². The second-order valence-electron chi connectivity index (χ2n) is 7.02. The molecular weight excluding hydrogens is 406 g/mol. The van der Waals surface area contributed by atoms with Gasteiger partial charge in [0.1, 0.15) is 5.69 Å². The van der Waals surface area contributed by atoms with Gasteiger partial charge in [-0.25, -0.2) is 9.97 Å². The molecule has 9 nitrogen and oxygen atoms in total. The van der Waals surface area contributed by atoms with Crippen molar-refractivity contribution in [3.8, 4) is 11.3 Å². The van der Waals surface area contributed by atoms with Crippen LogP contribution in [0.4, 0.5) is 11.8 Å². The number of hydrogen-bond donors (Lipinski definition) is 1. The Morgan fingerprint density at radius 1 is 1.10 bits per heavy atom. The smallest absolute Gasteiger partial charge is 0.229 e. The summed E-state index contributed by atoms with van der Waals surface area (Å²) in [6.07, 6.45) is 0.857. The Labute approximate surface area is 179 Å². The number of amides is 1. The Hall–Kier alpha value is -3.04. The topological polar surface area (TPSA) is 98.6 Å². The molecule has 2 aromatic heterocycles. The quantitative estimate of drug-likeness (QED) is 0.590. The van der Waals surface area contributed by atoms with Crippen LogP contribution in [-0.4, -0.2) is 82.7 Å². The van der Waals surface area contributed by atoms with Crippen LogP contribution in [-0.2, 0) is 4.79 Å². The Balaban J connectivity index is 1.82. The molecule has 1 fully saturated rings. The molecule has 4 rings (SSSR count). The maximum atomic E-state index is 11.0. The van der Waals surface area contributed by atoms with Crippen LogP contribution in [0.5, 0.6) is 0 Å². The fourth-order valence-corrected chi connectivity index (χ4v) is 3.60. The van der Waals surface area contributed by atoms with Crippen molar-refractivity contribution in [2.45, 2.75) is 0 Å². The van der Waals surface area contributed by atoms with Crippen molar-refractivity contribution in [2.75, 3.05) is 56.2 Å². The van der Waals surface area contributed by atoms with E-state index in [-0.39, 0.29) is 11.8 Å². The first-order valence-electron chi connectivity index (χ1n) is 9.67. The molecule has 156 valence electrons. The lowest BCUT2D eigenvalue weighted by atomic mass is 10.1. The minimum absolute atomic E-state index is 0.0259. The average Bonchev–Trinajstić information content (AvgIpc) is 2.78. The molecule has 0 saturated carbocycles. The van der Waals surface area contributed by atoms with E-state index in [1.165, 1.54) is 0 Å². The molecule has 0 bridgehead atoms. The number of aliphatic hydroxyl groups excluding tert-OH is 1. The molecule has 0 radical (unpaired) electrons. The number of aromatic nitrogens is 4. The number of piperazine rings is 1. The number of likely N-dealkylation sites (N-methyl/N-ethyl adjacent to an activating group) is 1. The number of carbonyl (C=O) groups is 1. The highest BCUT2D eigenvalue weighted by Crippen LogP contribution is 2.30. The predicted molar refractivity (Wildman–Crippen MR) is 116 cm³/mol. The van der Waals surface area contributed by atoms with Gasteiger partial charge in [-0.05, 0) is 0 Å². The summed E-state index contributed by atoms with van der Waals surface area (Å²) < 4.78 is 0. The Morgan fingerprint density at radius 2 is 1.83 bits per heavy atom. The Morgan fingerprint density at radius 3 is 2.50 bits per heavy atom. The van der Waals surface area contributed by atoms with Gasteiger partial charge in [-0.2, -0.15) is 9.97 Å². The second-order valence-corrected chi connectivity index (χ2v) is 7.38. The highest BCUT2D eigenvalue weighted by molar-refractivity contribution is 6.32. The monoisotopic (exact) mass is 427 g/mol. The van der Waals surface area contributed by atoms with Crippen LogP contribution in [0.2, 0.25) is 5.15 Å². The molecule has 1 aliphatic rings. The SMILES string of the molecule is CN(CCO)c1nc(N2CCN(C=O)CC2)nc2nc(Cl)c(-c3ccccc3)nc12. The van der Waals surface area contributed by atoms with E-state index in [4.69, 9.17) is 21.6 Å². The van der Waals surface area contributed by atoms with Crippen molar-refractivity contribution < 1.29 is 9.90 Å². The highest BCUT2D eigenvalue weighted by atomic mass is 35.5. The first kappa shape index (κ1) is 20.2. The lowest BCUT2D eigenvalue weighted by Gasteiger charge is -2.33. The van der Waals surface area contributed by atoms with E-state index in [1.54, 1.807) is 4.90 Å². The van der Waals surface area contributed by atoms with E-state index in [2.05, 4.69) is 9.97 Å². The molecule has 3 heterocycles. The molecule has 1 saturated heterocycles. The van der Waals surface area contributed by atoms with Crippen molar-refractivity contribution in [3.63, 3.8) is 0 Å². The molecule has 30 heavy (non-hydrogen) atoms. The minimum atomic E-state index is -0.0259. The van der Waals surface area contributed by atoms with E-state index in [0.29, 0.717) is 61.3 Å². The van der Waals surface area contributed by atoms with Crippen LogP contribution in [0.25, 0.3) is 22.4 Å². The first-order valence-corrected chi connectivity index (χ1v) is 10.1. The zero-order chi connectivity index (χ0) is 21.1. The van der Waals surface area contributed by atoms with Crippen molar-refractivity contribution in [1.29, 1.82) is 0 Å². The summed E-state index contributed by atoms with van der Waals surface area (Å²) in [4.78, 5) is 35.2. The van der Waals surface area contributed by atoms with Crippen LogP contribution in [0.1, 0.15) is 0 Å². The third-order valence-electron chi connectivity index (χ3n) is 5.05. The van der Waals surface area contributed by atoms with E-state index in [0.717, 1.165) is 12.0 Å². The van der Waals surface area contributed by atoms with Crippen LogP contribution in [0.3, 0.4) is 0 Å². The maximum Gasteiger partial charge on any atom is 0.229 e. The lowest BCUT2D eigenvalue weighted by molar-refractivity contribution is -0.118. The van der Waals surface area contributed by atoms with Gasteiger partial charge in [0, 0.05) is 45.3 Å². The van der Waals surface area contributed by atoms with Gasteiger partial charge in [0.05, 0.1) is 6.61 Å². The summed E-state index contributed by atoms with van der Waals surface area (Å²) >= 11 is 6.46. The van der Waals surface area contributed by atoms with Crippen LogP contribution >= 0.6 is 11.6 Å². The number of halogens is 1. The van der Waals surface area contributed by atoms with Gasteiger partial charge in [0.2, 0.25) is 12.4 Å². The van der Waals surface area contributed by atoms with Gasteiger partial charge >= 0.3 is 0 Å². The van der Waals surface area contributed by atoms with Crippen molar-refractivity contribution in [1.82, 2.24) is 24.8 Å². The Kier molecular flexibility index (Phi) is 5.91. The number of fused-ring (bicyclic) bond motifs is 1. The fourth-order valence-electron chi connectivity index (χ4n) is 3.37. The average molecular weight is 428 g/mol. The molecule has 0 aliphatic carbocycles. The van der Waals surface area contributed by atoms with Crippen LogP contribution < -0.4 is 9.80 Å².